The summed E-state index contributed by atoms with van der Waals surface area (Å²) in [6.45, 7) is 1.64. The molecule has 0 aliphatic heterocycles. The molecule has 6 heteroatoms. The molecule has 0 heterocycles. The first-order chi connectivity index (χ1) is 21.4. The van der Waals surface area contributed by atoms with E-state index in [0.717, 1.165) is 38.9 Å². The molecule has 1 aliphatic rings. The zero-order valence-electron chi connectivity index (χ0n) is 24.4. The van der Waals surface area contributed by atoms with Gasteiger partial charge in [0.05, 0.1) is 4.75 Å². The van der Waals surface area contributed by atoms with Crippen LogP contribution >= 0.6 is 11.8 Å². The van der Waals surface area contributed by atoms with Gasteiger partial charge in [0.1, 0.15) is 12.1 Å². The highest BCUT2D eigenvalue weighted by atomic mass is 32.2. The maximum atomic E-state index is 13.3. The lowest BCUT2D eigenvalue weighted by Crippen LogP contribution is -2.55. The van der Waals surface area contributed by atoms with Gasteiger partial charge in [-0.3, -0.25) is 0 Å². The van der Waals surface area contributed by atoms with Gasteiger partial charge in [0.15, 0.2) is 0 Å². The number of fused-ring (bicyclic) bond motifs is 3. The molecule has 220 valence electrons. The Kier molecular flexibility index (Phi) is 8.27. The number of hydrogen-bond acceptors (Lipinski definition) is 4. The monoisotopic (exact) mass is 599 g/mol. The smallest absolute Gasteiger partial charge is 0.408 e. The molecule has 44 heavy (non-hydrogen) atoms. The van der Waals surface area contributed by atoms with Crippen molar-refractivity contribution in [2.75, 3.05) is 12.4 Å². The summed E-state index contributed by atoms with van der Waals surface area (Å²) < 4.78 is 5.02. The second-order valence-electron chi connectivity index (χ2n) is 11.2. The fourth-order valence-corrected chi connectivity index (χ4v) is 7.64. The van der Waals surface area contributed by atoms with Crippen LogP contribution < -0.4 is 5.32 Å². The normalized spacial score (nSPS) is 13.8. The van der Waals surface area contributed by atoms with E-state index in [1.54, 1.807) is 0 Å². The topological polar surface area (TPSA) is 75.6 Å². The molecule has 1 aliphatic carbocycles. The lowest BCUT2D eigenvalue weighted by molar-refractivity contribution is -0.142. The highest BCUT2D eigenvalue weighted by Gasteiger charge is 2.43. The lowest BCUT2D eigenvalue weighted by atomic mass is 9.84. The van der Waals surface area contributed by atoms with Gasteiger partial charge in [-0.1, -0.05) is 140 Å². The number of rotatable bonds is 10. The van der Waals surface area contributed by atoms with Crippen molar-refractivity contribution < 1.29 is 19.4 Å². The molecule has 0 spiro atoms. The van der Waals surface area contributed by atoms with E-state index in [-0.39, 0.29) is 18.3 Å². The Labute approximate surface area is 261 Å². The molecule has 5 aromatic carbocycles. The number of aliphatic carboxylic acids is 1. The standard InChI is InChI=1S/C38H33NO4S/c1-37(35(40)41,39-36(42)43-25-34-32-23-13-11-21-30(32)31-22-12-14-24-33(31)34)26-44-38(27-15-5-2-6-16-27,28-17-7-3-8-18-28)29-19-9-4-10-20-29/h2-24,34H,25-26H2,1H3,(H,39,42)(H,40,41)/t37-/m1/s1. The van der Waals surface area contributed by atoms with E-state index in [1.807, 2.05) is 78.9 Å². The van der Waals surface area contributed by atoms with E-state index in [2.05, 4.69) is 66.0 Å². The highest BCUT2D eigenvalue weighted by molar-refractivity contribution is 8.00. The number of nitrogens with one attached hydrogen (secondary N) is 1. The molecule has 0 fully saturated rings. The fourth-order valence-electron chi connectivity index (χ4n) is 6.03. The number of carbonyl (C=O) groups is 2. The van der Waals surface area contributed by atoms with E-state index >= 15 is 0 Å². The fraction of sp³-hybridized carbons (Fsp3) is 0.158. The van der Waals surface area contributed by atoms with E-state index in [4.69, 9.17) is 4.74 Å². The molecule has 1 amide bonds. The van der Waals surface area contributed by atoms with E-state index in [0.29, 0.717) is 0 Å². The second kappa shape index (κ2) is 12.4. The summed E-state index contributed by atoms with van der Waals surface area (Å²) >= 11 is 1.48. The van der Waals surface area contributed by atoms with Gasteiger partial charge < -0.3 is 15.2 Å². The number of alkyl carbamates (subject to hydrolysis) is 1. The number of ether oxygens (including phenoxy) is 1. The number of carboxylic acid groups (broad SMARTS) is 1. The molecular weight excluding hydrogens is 566 g/mol. The number of hydrogen-bond donors (Lipinski definition) is 2. The Morgan fingerprint density at radius 3 is 1.52 bits per heavy atom. The predicted molar refractivity (Wildman–Crippen MR) is 176 cm³/mol. The second-order valence-corrected chi connectivity index (χ2v) is 12.3. The van der Waals surface area contributed by atoms with Crippen molar-refractivity contribution in [2.45, 2.75) is 23.1 Å². The zero-order chi connectivity index (χ0) is 30.6. The van der Waals surface area contributed by atoms with Crippen molar-refractivity contribution in [2.24, 2.45) is 0 Å². The molecular formula is C38H33NO4S. The molecule has 6 rings (SSSR count). The first-order valence-corrected chi connectivity index (χ1v) is 15.6. The minimum atomic E-state index is -1.61. The van der Waals surface area contributed by atoms with Gasteiger partial charge in [-0.15, -0.1) is 11.8 Å². The zero-order valence-corrected chi connectivity index (χ0v) is 25.2. The molecule has 5 nitrogen and oxygen atoms in total. The molecule has 2 N–H and O–H groups in total. The average Bonchev–Trinajstić information content (AvgIpc) is 3.39. The largest absolute Gasteiger partial charge is 0.479 e. The van der Waals surface area contributed by atoms with Gasteiger partial charge in [-0.05, 0) is 45.9 Å². The van der Waals surface area contributed by atoms with Crippen molar-refractivity contribution >= 4 is 23.8 Å². The summed E-state index contributed by atoms with van der Waals surface area (Å²) in [6.07, 6.45) is -0.762. The van der Waals surface area contributed by atoms with E-state index in [9.17, 15) is 14.7 Å². The van der Waals surface area contributed by atoms with E-state index in [1.165, 1.54) is 18.7 Å². The summed E-state index contributed by atoms with van der Waals surface area (Å²) in [5.41, 5.74) is 5.86. The number of benzene rings is 5. The van der Waals surface area contributed by atoms with Gasteiger partial charge >= 0.3 is 12.1 Å². The molecule has 0 unspecified atom stereocenters. The van der Waals surface area contributed by atoms with Crippen LogP contribution in [0.2, 0.25) is 0 Å². The maximum absolute atomic E-state index is 13.3. The van der Waals surface area contributed by atoms with Gasteiger partial charge in [0.25, 0.3) is 0 Å². The minimum absolute atomic E-state index is 0.0746. The summed E-state index contributed by atoms with van der Waals surface area (Å²) in [5, 5.41) is 13.2. The van der Waals surface area contributed by atoms with Gasteiger partial charge in [0.2, 0.25) is 0 Å². The Bertz CT molecular complexity index is 1620. The van der Waals surface area contributed by atoms with Crippen LogP contribution in [0.5, 0.6) is 0 Å². The van der Waals surface area contributed by atoms with Gasteiger partial charge in [-0.2, -0.15) is 0 Å². The van der Waals surface area contributed by atoms with Crippen molar-refractivity contribution in [3.63, 3.8) is 0 Å². The Balaban J connectivity index is 1.26. The SMILES string of the molecule is C[C@](CSC(c1ccccc1)(c1ccccc1)c1ccccc1)(NC(=O)OCC1c2ccccc2-c2ccccc21)C(=O)O. The predicted octanol–water partition coefficient (Wildman–Crippen LogP) is 8.09. The van der Waals surface area contributed by atoms with Crippen LogP contribution in [-0.4, -0.2) is 35.1 Å². The summed E-state index contributed by atoms with van der Waals surface area (Å²) in [6, 6.07) is 46.4. The van der Waals surface area contributed by atoms with Crippen LogP contribution in [0.4, 0.5) is 4.79 Å². The van der Waals surface area contributed by atoms with Gasteiger partial charge in [0, 0.05) is 11.7 Å². The molecule has 0 saturated carbocycles. The minimum Gasteiger partial charge on any atom is -0.479 e. The van der Waals surface area contributed by atoms with Crippen LogP contribution in [-0.2, 0) is 14.3 Å². The Morgan fingerprint density at radius 2 is 1.09 bits per heavy atom. The number of carboxylic acids is 1. The molecule has 0 radical (unpaired) electrons. The molecule has 1 atom stereocenters. The first kappa shape index (κ1) is 29.3. The number of thioether (sulfide) groups is 1. The van der Waals surface area contributed by atoms with Crippen molar-refractivity contribution in [3.05, 3.63) is 167 Å². The third-order valence-corrected chi connectivity index (χ3v) is 10.2. The molecule has 5 aromatic rings. The lowest BCUT2D eigenvalue weighted by Gasteiger charge is -2.38. The molecule has 0 bridgehead atoms. The van der Waals surface area contributed by atoms with E-state index < -0.39 is 22.3 Å². The van der Waals surface area contributed by atoms with Crippen molar-refractivity contribution in [3.8, 4) is 11.1 Å². The highest BCUT2D eigenvalue weighted by Crippen LogP contribution is 2.49. The first-order valence-electron chi connectivity index (χ1n) is 14.6. The van der Waals surface area contributed by atoms with Crippen LogP contribution in [0, 0.1) is 0 Å². The quantitative estimate of drug-likeness (QED) is 0.159. The van der Waals surface area contributed by atoms with Crippen LogP contribution in [0.3, 0.4) is 0 Å². The summed E-state index contributed by atoms with van der Waals surface area (Å²) in [7, 11) is 0. The van der Waals surface area contributed by atoms with Crippen LogP contribution in [0.25, 0.3) is 11.1 Å². The number of carbonyl (C=O) groups excluding carboxylic acids is 1. The summed E-state index contributed by atoms with van der Waals surface area (Å²) in [5.74, 6) is -1.19. The average molecular weight is 600 g/mol. The Hall–Kier alpha value is -4.81. The van der Waals surface area contributed by atoms with Crippen molar-refractivity contribution in [1.82, 2.24) is 5.32 Å². The Morgan fingerprint density at radius 1 is 0.682 bits per heavy atom. The molecule has 0 aromatic heterocycles. The van der Waals surface area contributed by atoms with Crippen molar-refractivity contribution in [1.29, 1.82) is 0 Å². The summed E-state index contributed by atoms with van der Waals surface area (Å²) in [4.78, 5) is 26.1. The number of amides is 1. The van der Waals surface area contributed by atoms with Crippen LogP contribution in [0.1, 0.15) is 40.7 Å². The van der Waals surface area contributed by atoms with Crippen LogP contribution in [0.15, 0.2) is 140 Å². The third kappa shape index (κ3) is 5.49. The molecule has 0 saturated heterocycles. The maximum Gasteiger partial charge on any atom is 0.408 e. The third-order valence-electron chi connectivity index (χ3n) is 8.31. The van der Waals surface area contributed by atoms with Gasteiger partial charge in [-0.25, -0.2) is 9.59 Å².